The van der Waals surface area contributed by atoms with Crippen molar-refractivity contribution in [3.8, 4) is 17.1 Å². The molecule has 0 aliphatic carbocycles. The summed E-state index contributed by atoms with van der Waals surface area (Å²) in [5, 5.41) is 0.606. The van der Waals surface area contributed by atoms with E-state index in [1.165, 1.54) is 5.56 Å². The summed E-state index contributed by atoms with van der Waals surface area (Å²) in [6, 6.07) is 19.7. The Morgan fingerprint density at radius 1 is 0.938 bits per heavy atom. The molecule has 32 heavy (non-hydrogen) atoms. The second-order valence-electron chi connectivity index (χ2n) is 8.07. The first kappa shape index (κ1) is 21.8. The van der Waals surface area contributed by atoms with E-state index in [2.05, 4.69) is 49.7 Å². The van der Waals surface area contributed by atoms with Crippen molar-refractivity contribution in [3.05, 3.63) is 82.8 Å². The number of fused-ring (bicyclic) bond motifs is 1. The molecule has 0 amide bonds. The zero-order valence-electron chi connectivity index (χ0n) is 19.2. The van der Waals surface area contributed by atoms with Crippen LogP contribution in [-0.2, 0) is 0 Å². The van der Waals surface area contributed by atoms with Crippen LogP contribution in [0.25, 0.3) is 28.0 Å². The van der Waals surface area contributed by atoms with Gasteiger partial charge in [0.1, 0.15) is 11.6 Å². The van der Waals surface area contributed by atoms with E-state index in [-0.39, 0.29) is 5.56 Å². The molecule has 0 N–H and O–H groups in total. The smallest absolute Gasteiger partial charge is 0.266 e. The minimum absolute atomic E-state index is 0.0743. The van der Waals surface area contributed by atoms with E-state index < -0.39 is 0 Å². The standard InChI is InChI=1S/C27H30N4O/c1-5-19(4)20-12-15-22(16-13-20)31-26(29-24-11-9-8-10-23(24)27(31)32)21-14-17-25(28-18-21)30(6-2)7-3/h8-19H,5-7H2,1-4H3. The van der Waals surface area contributed by atoms with Gasteiger partial charge in [-0.25, -0.2) is 9.97 Å². The van der Waals surface area contributed by atoms with Gasteiger partial charge in [-0.3, -0.25) is 9.36 Å². The maximum Gasteiger partial charge on any atom is 0.266 e. The zero-order chi connectivity index (χ0) is 22.7. The van der Waals surface area contributed by atoms with Crippen LogP contribution in [0.4, 0.5) is 5.82 Å². The summed E-state index contributed by atoms with van der Waals surface area (Å²) >= 11 is 0. The molecule has 5 heteroatoms. The van der Waals surface area contributed by atoms with Crippen molar-refractivity contribution in [2.24, 2.45) is 0 Å². The molecule has 4 rings (SSSR count). The monoisotopic (exact) mass is 426 g/mol. The minimum Gasteiger partial charge on any atom is -0.357 e. The molecule has 0 radical (unpaired) electrons. The lowest BCUT2D eigenvalue weighted by molar-refractivity contribution is 0.733. The molecular weight excluding hydrogens is 396 g/mol. The van der Waals surface area contributed by atoms with Gasteiger partial charge in [-0.1, -0.05) is 38.1 Å². The van der Waals surface area contributed by atoms with E-state index in [0.717, 1.165) is 36.6 Å². The molecule has 0 saturated heterocycles. The number of anilines is 1. The van der Waals surface area contributed by atoms with Gasteiger partial charge in [-0.2, -0.15) is 0 Å². The highest BCUT2D eigenvalue weighted by Crippen LogP contribution is 2.25. The van der Waals surface area contributed by atoms with Crippen molar-refractivity contribution in [2.45, 2.75) is 40.0 Å². The Kier molecular flexibility index (Phi) is 6.35. The van der Waals surface area contributed by atoms with Crippen LogP contribution in [0, 0.1) is 0 Å². The lowest BCUT2D eigenvalue weighted by Gasteiger charge is -2.20. The third-order valence-corrected chi connectivity index (χ3v) is 6.20. The van der Waals surface area contributed by atoms with E-state index in [1.54, 1.807) is 4.57 Å². The SMILES string of the molecule is CCC(C)c1ccc(-n2c(-c3ccc(N(CC)CC)nc3)nc3ccccc3c2=O)cc1. The second-order valence-corrected chi connectivity index (χ2v) is 8.07. The number of aromatic nitrogens is 3. The molecule has 2 aromatic heterocycles. The quantitative estimate of drug-likeness (QED) is 0.374. The Balaban J connectivity index is 1.89. The summed E-state index contributed by atoms with van der Waals surface area (Å²) in [4.78, 5) is 25.3. The Labute approximate surface area is 189 Å². The fraction of sp³-hybridized carbons (Fsp3) is 0.296. The summed E-state index contributed by atoms with van der Waals surface area (Å²) in [5.74, 6) is 2.00. The number of nitrogens with zero attached hydrogens (tertiary/aromatic N) is 4. The normalized spacial score (nSPS) is 12.1. The number of benzene rings is 2. The van der Waals surface area contributed by atoms with Crippen LogP contribution in [0.2, 0.25) is 0 Å². The van der Waals surface area contributed by atoms with Crippen LogP contribution < -0.4 is 10.5 Å². The molecule has 0 aliphatic heterocycles. The van der Waals surface area contributed by atoms with Gasteiger partial charge in [-0.05, 0) is 68.1 Å². The van der Waals surface area contributed by atoms with Crippen molar-refractivity contribution >= 4 is 16.7 Å². The van der Waals surface area contributed by atoms with E-state index in [9.17, 15) is 4.79 Å². The third kappa shape index (κ3) is 4.03. The number of para-hydroxylation sites is 1. The molecule has 0 spiro atoms. The van der Waals surface area contributed by atoms with Gasteiger partial charge in [0.15, 0.2) is 0 Å². The summed E-state index contributed by atoms with van der Waals surface area (Å²) in [6.07, 6.45) is 2.89. The second kappa shape index (κ2) is 9.35. The van der Waals surface area contributed by atoms with Crippen LogP contribution in [-0.4, -0.2) is 27.6 Å². The van der Waals surface area contributed by atoms with Gasteiger partial charge in [-0.15, -0.1) is 0 Å². The topological polar surface area (TPSA) is 51.0 Å². The Bertz CT molecular complexity index is 1260. The van der Waals surface area contributed by atoms with Gasteiger partial charge in [0.25, 0.3) is 5.56 Å². The number of rotatable bonds is 7. The maximum absolute atomic E-state index is 13.6. The van der Waals surface area contributed by atoms with E-state index >= 15 is 0 Å². The Morgan fingerprint density at radius 2 is 1.66 bits per heavy atom. The van der Waals surface area contributed by atoms with Crippen LogP contribution in [0.15, 0.2) is 71.7 Å². The molecule has 0 fully saturated rings. The number of pyridine rings is 1. The highest BCUT2D eigenvalue weighted by atomic mass is 16.1. The van der Waals surface area contributed by atoms with Gasteiger partial charge < -0.3 is 4.90 Å². The van der Waals surface area contributed by atoms with E-state index in [4.69, 9.17) is 4.98 Å². The highest BCUT2D eigenvalue weighted by Gasteiger charge is 2.16. The summed E-state index contributed by atoms with van der Waals surface area (Å²) in [6.45, 7) is 10.4. The minimum atomic E-state index is -0.0743. The summed E-state index contributed by atoms with van der Waals surface area (Å²) < 4.78 is 1.71. The van der Waals surface area contributed by atoms with Crippen LogP contribution in [0.1, 0.15) is 45.6 Å². The first-order valence-electron chi connectivity index (χ1n) is 11.4. The Morgan fingerprint density at radius 3 is 2.28 bits per heavy atom. The Hall–Kier alpha value is -3.47. The molecule has 2 heterocycles. The van der Waals surface area contributed by atoms with Crippen molar-refractivity contribution in [2.75, 3.05) is 18.0 Å². The van der Waals surface area contributed by atoms with Crippen LogP contribution in [0.5, 0.6) is 0 Å². The first-order valence-corrected chi connectivity index (χ1v) is 11.4. The maximum atomic E-state index is 13.6. The van der Waals surface area contributed by atoms with Crippen LogP contribution in [0.3, 0.4) is 0 Å². The molecule has 0 aliphatic rings. The molecule has 0 bridgehead atoms. The number of hydrogen-bond donors (Lipinski definition) is 0. The average Bonchev–Trinajstić information content (AvgIpc) is 2.85. The van der Waals surface area contributed by atoms with E-state index in [0.29, 0.717) is 22.6 Å². The average molecular weight is 427 g/mol. The van der Waals surface area contributed by atoms with Gasteiger partial charge in [0.05, 0.1) is 16.6 Å². The van der Waals surface area contributed by atoms with Crippen molar-refractivity contribution < 1.29 is 0 Å². The van der Waals surface area contributed by atoms with Crippen molar-refractivity contribution in [1.29, 1.82) is 0 Å². The molecule has 164 valence electrons. The highest BCUT2D eigenvalue weighted by molar-refractivity contribution is 5.80. The third-order valence-electron chi connectivity index (χ3n) is 6.20. The van der Waals surface area contributed by atoms with Gasteiger partial charge >= 0.3 is 0 Å². The predicted molar refractivity (Wildman–Crippen MR) is 133 cm³/mol. The fourth-order valence-electron chi connectivity index (χ4n) is 4.01. The zero-order valence-corrected chi connectivity index (χ0v) is 19.2. The molecule has 0 saturated carbocycles. The first-order chi connectivity index (χ1) is 15.6. The number of hydrogen-bond acceptors (Lipinski definition) is 4. The molecule has 1 unspecified atom stereocenters. The van der Waals surface area contributed by atoms with Crippen molar-refractivity contribution in [1.82, 2.24) is 14.5 Å². The molecular formula is C27H30N4O. The molecule has 5 nitrogen and oxygen atoms in total. The largest absolute Gasteiger partial charge is 0.357 e. The van der Waals surface area contributed by atoms with Gasteiger partial charge in [0, 0.05) is 24.8 Å². The van der Waals surface area contributed by atoms with Crippen LogP contribution >= 0.6 is 0 Å². The molecule has 2 aromatic carbocycles. The lowest BCUT2D eigenvalue weighted by atomic mass is 9.98. The summed E-state index contributed by atoms with van der Waals surface area (Å²) in [7, 11) is 0. The van der Waals surface area contributed by atoms with E-state index in [1.807, 2.05) is 54.7 Å². The van der Waals surface area contributed by atoms with Gasteiger partial charge in [0.2, 0.25) is 0 Å². The molecule has 4 aromatic rings. The summed E-state index contributed by atoms with van der Waals surface area (Å²) in [5.41, 5.74) is 3.50. The predicted octanol–water partition coefficient (Wildman–Crippen LogP) is 5.81. The van der Waals surface area contributed by atoms with Crippen molar-refractivity contribution in [3.63, 3.8) is 0 Å². The molecule has 1 atom stereocenters. The lowest BCUT2D eigenvalue weighted by Crippen LogP contribution is -2.23. The fourth-order valence-corrected chi connectivity index (χ4v) is 4.01.